The summed E-state index contributed by atoms with van der Waals surface area (Å²) in [6.45, 7) is 6.91. The van der Waals surface area contributed by atoms with E-state index in [9.17, 15) is 14.4 Å². The Kier molecular flexibility index (Phi) is 6.17. The Labute approximate surface area is 120 Å². The predicted molar refractivity (Wildman–Crippen MR) is 77.1 cm³/mol. The molecule has 0 aromatic carbocycles. The second-order valence-corrected chi connectivity index (χ2v) is 5.83. The molecule has 1 rings (SSSR count). The molecule has 1 saturated heterocycles. The molecule has 0 unspecified atom stereocenters. The molecule has 1 aliphatic rings. The fourth-order valence-electron chi connectivity index (χ4n) is 2.51. The zero-order valence-electron chi connectivity index (χ0n) is 12.8. The van der Waals surface area contributed by atoms with Crippen molar-refractivity contribution >= 4 is 17.6 Å². The van der Waals surface area contributed by atoms with Crippen molar-refractivity contribution in [3.8, 4) is 0 Å². The third-order valence-corrected chi connectivity index (χ3v) is 4.21. The van der Waals surface area contributed by atoms with Crippen LogP contribution in [0.2, 0.25) is 0 Å². The van der Waals surface area contributed by atoms with Crippen molar-refractivity contribution in [2.24, 2.45) is 11.3 Å². The number of rotatable bonds is 8. The van der Waals surface area contributed by atoms with Crippen molar-refractivity contribution in [3.05, 3.63) is 0 Å². The van der Waals surface area contributed by atoms with E-state index in [1.807, 2.05) is 13.8 Å². The first-order valence-electron chi connectivity index (χ1n) is 7.55. The topological polar surface area (TPSA) is 75.3 Å². The van der Waals surface area contributed by atoms with Crippen LogP contribution in [0, 0.1) is 11.3 Å². The maximum Gasteiger partial charge on any atom is 0.287 e. The summed E-state index contributed by atoms with van der Waals surface area (Å²) in [5, 5.41) is 5.45. The van der Waals surface area contributed by atoms with Crippen LogP contribution in [0.3, 0.4) is 0 Å². The number of carbonyl (C=O) groups excluding carboxylic acids is 3. The predicted octanol–water partition coefficient (Wildman–Crippen LogP) is 1.41. The second-order valence-electron chi connectivity index (χ2n) is 5.83. The highest BCUT2D eigenvalue weighted by molar-refractivity contribution is 6.38. The molecular formula is C15H26N2O3. The summed E-state index contributed by atoms with van der Waals surface area (Å²) in [5.74, 6) is -1.05. The molecular weight excluding hydrogens is 256 g/mol. The van der Waals surface area contributed by atoms with Crippen LogP contribution in [0.1, 0.15) is 52.9 Å². The van der Waals surface area contributed by atoms with Gasteiger partial charge in [-0.1, -0.05) is 27.2 Å². The average Bonchev–Trinajstić information content (AvgIpc) is 2.83. The van der Waals surface area contributed by atoms with E-state index < -0.39 is 17.1 Å². The van der Waals surface area contributed by atoms with Gasteiger partial charge in [0.1, 0.15) is 0 Å². The Hall–Kier alpha value is -1.39. The van der Waals surface area contributed by atoms with E-state index in [0.29, 0.717) is 25.9 Å². The first kappa shape index (κ1) is 16.7. The fourth-order valence-corrected chi connectivity index (χ4v) is 2.51. The van der Waals surface area contributed by atoms with Gasteiger partial charge in [0.25, 0.3) is 5.91 Å². The van der Waals surface area contributed by atoms with Crippen LogP contribution in [0.4, 0.5) is 0 Å². The van der Waals surface area contributed by atoms with Crippen LogP contribution in [-0.2, 0) is 14.4 Å². The SMILES string of the molecule is CCCCNC(=O)C(=O)[C@](C)(CC)C[C@@H]1CCNC1=O. The molecule has 2 amide bonds. The molecule has 5 heteroatoms. The van der Waals surface area contributed by atoms with Crippen LogP contribution < -0.4 is 10.6 Å². The Morgan fingerprint density at radius 1 is 1.40 bits per heavy atom. The van der Waals surface area contributed by atoms with E-state index in [0.717, 1.165) is 19.3 Å². The van der Waals surface area contributed by atoms with E-state index in [2.05, 4.69) is 10.6 Å². The summed E-state index contributed by atoms with van der Waals surface area (Å²) in [7, 11) is 0. The Balaban J connectivity index is 2.63. The molecule has 2 atom stereocenters. The molecule has 1 aliphatic heterocycles. The van der Waals surface area contributed by atoms with E-state index in [-0.39, 0.29) is 11.8 Å². The Morgan fingerprint density at radius 2 is 2.10 bits per heavy atom. The largest absolute Gasteiger partial charge is 0.356 e. The third-order valence-electron chi connectivity index (χ3n) is 4.21. The molecule has 114 valence electrons. The molecule has 1 heterocycles. The lowest BCUT2D eigenvalue weighted by atomic mass is 9.74. The van der Waals surface area contributed by atoms with Crippen LogP contribution in [0.5, 0.6) is 0 Å². The van der Waals surface area contributed by atoms with Gasteiger partial charge in [0.05, 0.1) is 0 Å². The first-order chi connectivity index (χ1) is 9.44. The van der Waals surface area contributed by atoms with Crippen molar-refractivity contribution in [1.82, 2.24) is 10.6 Å². The fraction of sp³-hybridized carbons (Fsp3) is 0.800. The van der Waals surface area contributed by atoms with Gasteiger partial charge >= 0.3 is 0 Å². The summed E-state index contributed by atoms with van der Waals surface area (Å²) in [5.41, 5.74) is -0.747. The minimum Gasteiger partial charge on any atom is -0.356 e. The number of carbonyl (C=O) groups is 3. The number of ketones is 1. The summed E-state index contributed by atoms with van der Waals surface area (Å²) in [6, 6.07) is 0. The van der Waals surface area contributed by atoms with Crippen LogP contribution in [0.15, 0.2) is 0 Å². The number of nitrogens with one attached hydrogen (secondary N) is 2. The molecule has 0 aromatic rings. The van der Waals surface area contributed by atoms with Crippen LogP contribution >= 0.6 is 0 Å². The quantitative estimate of drug-likeness (QED) is 0.522. The van der Waals surface area contributed by atoms with E-state index in [1.165, 1.54) is 0 Å². The smallest absolute Gasteiger partial charge is 0.287 e. The summed E-state index contributed by atoms with van der Waals surface area (Å²) < 4.78 is 0. The van der Waals surface area contributed by atoms with Crippen molar-refractivity contribution in [2.45, 2.75) is 52.9 Å². The van der Waals surface area contributed by atoms with Gasteiger partial charge in [-0.25, -0.2) is 0 Å². The van der Waals surface area contributed by atoms with Crippen molar-refractivity contribution in [1.29, 1.82) is 0 Å². The zero-order valence-corrected chi connectivity index (χ0v) is 12.8. The van der Waals surface area contributed by atoms with Gasteiger partial charge in [-0.15, -0.1) is 0 Å². The van der Waals surface area contributed by atoms with Gasteiger partial charge in [0.15, 0.2) is 0 Å². The van der Waals surface area contributed by atoms with Gasteiger partial charge in [-0.05, 0) is 25.7 Å². The molecule has 0 bridgehead atoms. The molecule has 0 aromatic heterocycles. The molecule has 5 nitrogen and oxygen atoms in total. The Morgan fingerprint density at radius 3 is 2.60 bits per heavy atom. The molecule has 0 spiro atoms. The first-order valence-corrected chi connectivity index (χ1v) is 7.55. The van der Waals surface area contributed by atoms with E-state index in [4.69, 9.17) is 0 Å². The highest BCUT2D eigenvalue weighted by Gasteiger charge is 2.40. The molecule has 1 fully saturated rings. The standard InChI is InChI=1S/C15H26N2O3/c1-4-6-8-16-14(20)12(18)15(3,5-2)10-11-7-9-17-13(11)19/h11H,4-10H2,1-3H3,(H,16,20)(H,17,19)/t11-,15+/m0/s1. The molecule has 0 aliphatic carbocycles. The summed E-state index contributed by atoms with van der Waals surface area (Å²) in [6.07, 6.45) is 3.61. The van der Waals surface area contributed by atoms with Gasteiger partial charge < -0.3 is 10.6 Å². The van der Waals surface area contributed by atoms with Crippen LogP contribution in [-0.4, -0.2) is 30.7 Å². The van der Waals surface area contributed by atoms with Gasteiger partial charge in [-0.2, -0.15) is 0 Å². The zero-order chi connectivity index (χ0) is 15.2. The monoisotopic (exact) mass is 282 g/mol. The number of Topliss-reactive ketones (excluding diaryl/α,β-unsaturated/α-hetero) is 1. The number of hydrogen-bond donors (Lipinski definition) is 2. The molecule has 0 saturated carbocycles. The maximum atomic E-state index is 12.3. The average molecular weight is 282 g/mol. The second kappa shape index (κ2) is 7.41. The van der Waals surface area contributed by atoms with Gasteiger partial charge in [0.2, 0.25) is 11.7 Å². The van der Waals surface area contributed by atoms with E-state index in [1.54, 1.807) is 6.92 Å². The minimum atomic E-state index is -0.747. The lowest BCUT2D eigenvalue weighted by Gasteiger charge is -2.28. The highest BCUT2D eigenvalue weighted by atomic mass is 16.2. The lowest BCUT2D eigenvalue weighted by Crippen LogP contribution is -2.42. The summed E-state index contributed by atoms with van der Waals surface area (Å²) >= 11 is 0. The normalized spacial score (nSPS) is 21.1. The Bertz CT molecular complexity index is 381. The van der Waals surface area contributed by atoms with Crippen molar-refractivity contribution < 1.29 is 14.4 Å². The van der Waals surface area contributed by atoms with Crippen molar-refractivity contribution in [2.75, 3.05) is 13.1 Å². The maximum absolute atomic E-state index is 12.3. The highest BCUT2D eigenvalue weighted by Crippen LogP contribution is 2.33. The van der Waals surface area contributed by atoms with Crippen molar-refractivity contribution in [3.63, 3.8) is 0 Å². The summed E-state index contributed by atoms with van der Waals surface area (Å²) in [4.78, 5) is 35.9. The lowest BCUT2D eigenvalue weighted by molar-refractivity contribution is -0.144. The molecule has 20 heavy (non-hydrogen) atoms. The molecule has 0 radical (unpaired) electrons. The number of hydrogen-bond acceptors (Lipinski definition) is 3. The minimum absolute atomic E-state index is 0.00358. The molecule has 2 N–H and O–H groups in total. The van der Waals surface area contributed by atoms with E-state index >= 15 is 0 Å². The number of unbranched alkanes of at least 4 members (excludes halogenated alkanes) is 1. The van der Waals surface area contributed by atoms with Crippen LogP contribution in [0.25, 0.3) is 0 Å². The number of amides is 2. The van der Waals surface area contributed by atoms with Gasteiger partial charge in [0, 0.05) is 24.4 Å². The van der Waals surface area contributed by atoms with Gasteiger partial charge in [-0.3, -0.25) is 14.4 Å². The third kappa shape index (κ3) is 4.05.